The van der Waals surface area contributed by atoms with Gasteiger partial charge in [-0.15, -0.1) is 0 Å². The van der Waals surface area contributed by atoms with Crippen molar-refractivity contribution in [3.05, 3.63) is 11.6 Å². The topological polar surface area (TPSA) is 187 Å². The van der Waals surface area contributed by atoms with Crippen LogP contribution in [0.15, 0.2) is 11.6 Å². The molecule has 2 N–H and O–H groups in total. The molecule has 3 heterocycles. The maximum absolute atomic E-state index is 14.3. The molecular formula is C42H72N2O14. The zero-order valence-electron chi connectivity index (χ0n) is 37.4. The minimum Gasteiger partial charge on any atom is -0.458 e. The van der Waals surface area contributed by atoms with Gasteiger partial charge in [0.25, 0.3) is 0 Å². The van der Waals surface area contributed by atoms with Crippen molar-refractivity contribution in [2.24, 2.45) is 17.8 Å². The van der Waals surface area contributed by atoms with E-state index in [9.17, 15) is 24.3 Å². The lowest BCUT2D eigenvalue weighted by atomic mass is 9.77. The van der Waals surface area contributed by atoms with Crippen LogP contribution in [0.25, 0.3) is 0 Å². The van der Waals surface area contributed by atoms with E-state index in [4.69, 9.17) is 42.6 Å². The minimum absolute atomic E-state index is 0.129. The number of aliphatic hydroxyl groups excluding tert-OH is 1. The highest BCUT2D eigenvalue weighted by Crippen LogP contribution is 2.41. The molecule has 0 aromatic rings. The summed E-state index contributed by atoms with van der Waals surface area (Å²) in [7, 11) is 6.06. The highest BCUT2D eigenvalue weighted by Gasteiger charge is 2.53. The first-order valence-electron chi connectivity index (χ1n) is 20.6. The molecule has 0 radical (unpaired) electrons. The Labute approximate surface area is 345 Å². The fraction of sp³-hybridized carbons (Fsp3) is 0.857. The number of nitrogens with one attached hydrogen (secondary N) is 1. The van der Waals surface area contributed by atoms with Crippen LogP contribution in [0, 0.1) is 17.8 Å². The number of aliphatic hydroxyl groups is 1. The molecule has 3 rings (SSSR count). The Morgan fingerprint density at radius 1 is 0.966 bits per heavy atom. The molecule has 16 heteroatoms. The van der Waals surface area contributed by atoms with Crippen LogP contribution in [-0.4, -0.2) is 147 Å². The zero-order chi connectivity index (χ0) is 43.9. The summed E-state index contributed by atoms with van der Waals surface area (Å²) in [5, 5.41) is 14.9. The van der Waals surface area contributed by atoms with Gasteiger partial charge in [-0.2, -0.15) is 0 Å². The minimum atomic E-state index is -1.31. The van der Waals surface area contributed by atoms with E-state index in [0.717, 1.165) is 5.57 Å². The second-order valence-electron chi connectivity index (χ2n) is 17.0. The summed E-state index contributed by atoms with van der Waals surface area (Å²) in [6.45, 7) is 19.4. The molecular weight excluding hydrogens is 756 g/mol. The summed E-state index contributed by atoms with van der Waals surface area (Å²) in [5.74, 6) is -3.84. The van der Waals surface area contributed by atoms with Crippen LogP contribution >= 0.6 is 0 Å². The summed E-state index contributed by atoms with van der Waals surface area (Å²) in [6.07, 6.45) is -5.02. The maximum Gasteiger partial charge on any atom is 0.311 e. The molecule has 0 spiro atoms. The molecule has 58 heavy (non-hydrogen) atoms. The van der Waals surface area contributed by atoms with Crippen molar-refractivity contribution in [1.82, 2.24) is 10.2 Å². The number of amides is 2. The van der Waals surface area contributed by atoms with Gasteiger partial charge in [-0.1, -0.05) is 26.8 Å². The van der Waals surface area contributed by atoms with Crippen molar-refractivity contribution in [1.29, 1.82) is 0 Å². The summed E-state index contributed by atoms with van der Waals surface area (Å²) in [4.78, 5) is 54.6. The van der Waals surface area contributed by atoms with Crippen LogP contribution in [0.3, 0.4) is 0 Å². The predicted molar refractivity (Wildman–Crippen MR) is 212 cm³/mol. The summed E-state index contributed by atoms with van der Waals surface area (Å²) in [6, 6.07) is -1.06. The number of methoxy groups -OCH3 is 3. The number of rotatable bonds is 11. The van der Waals surface area contributed by atoms with Gasteiger partial charge >= 0.3 is 11.9 Å². The largest absolute Gasteiger partial charge is 0.458 e. The van der Waals surface area contributed by atoms with Crippen molar-refractivity contribution in [2.75, 3.05) is 35.0 Å². The first-order chi connectivity index (χ1) is 27.1. The molecule has 3 aliphatic heterocycles. The SMILES string of the molecule is CC[C@H]1OC(=O)[C@H](C)[C@@H](O[C@H]2C[C@@](C)(OC)[C@@H](OC(C)=O)[C@H](C)O2)[C@H](C)[C@@H](O[C@@H]2O[C@H](C)C[C@H](N(C)C(=O)COC)[C@H]2O)[C@](C)(OC)C[C@@H](C)C(=O)N[C@H](C)/C=C/1C. The highest BCUT2D eigenvalue weighted by molar-refractivity contribution is 5.79. The number of carbonyl (C=O) groups excluding carboxylic acids is 4. The Bertz CT molecular complexity index is 1430. The molecule has 16 atom stereocenters. The van der Waals surface area contributed by atoms with Gasteiger partial charge < -0.3 is 58.0 Å². The predicted octanol–water partition coefficient (Wildman–Crippen LogP) is 3.69. The van der Waals surface area contributed by atoms with Crippen LogP contribution in [0.4, 0.5) is 0 Å². The lowest BCUT2D eigenvalue weighted by Crippen LogP contribution is -2.61. The van der Waals surface area contributed by atoms with Gasteiger partial charge in [0.05, 0.1) is 42.0 Å². The number of likely N-dealkylation sites (N-methyl/N-ethyl adjacent to an activating group) is 1. The van der Waals surface area contributed by atoms with Gasteiger partial charge in [0.1, 0.15) is 24.4 Å². The van der Waals surface area contributed by atoms with E-state index in [0.29, 0.717) is 12.8 Å². The smallest absolute Gasteiger partial charge is 0.311 e. The van der Waals surface area contributed by atoms with E-state index in [1.165, 1.54) is 33.2 Å². The molecule has 0 bridgehead atoms. The van der Waals surface area contributed by atoms with Gasteiger partial charge in [-0.25, -0.2) is 0 Å². The molecule has 2 amide bonds. The third-order valence-electron chi connectivity index (χ3n) is 12.2. The second kappa shape index (κ2) is 21.2. The Balaban J connectivity index is 2.21. The fourth-order valence-corrected chi connectivity index (χ4v) is 8.74. The second-order valence-corrected chi connectivity index (χ2v) is 17.0. The van der Waals surface area contributed by atoms with E-state index < -0.39 is 102 Å². The Morgan fingerprint density at radius 2 is 1.59 bits per heavy atom. The van der Waals surface area contributed by atoms with E-state index in [2.05, 4.69) is 5.32 Å². The Hall–Kier alpha value is -2.70. The van der Waals surface area contributed by atoms with Crippen LogP contribution in [0.5, 0.6) is 0 Å². The van der Waals surface area contributed by atoms with E-state index in [-0.39, 0.29) is 37.3 Å². The lowest BCUT2D eigenvalue weighted by molar-refractivity contribution is -0.319. The van der Waals surface area contributed by atoms with Gasteiger partial charge in [0, 0.05) is 59.6 Å². The molecule has 0 aliphatic carbocycles. The highest BCUT2D eigenvalue weighted by atomic mass is 16.7. The maximum atomic E-state index is 14.3. The molecule has 2 saturated heterocycles. The number of esters is 2. The molecule has 16 nitrogen and oxygen atoms in total. The number of hydrogen-bond acceptors (Lipinski definition) is 14. The van der Waals surface area contributed by atoms with E-state index in [1.54, 1.807) is 27.8 Å². The summed E-state index contributed by atoms with van der Waals surface area (Å²) >= 11 is 0. The fourth-order valence-electron chi connectivity index (χ4n) is 8.74. The third kappa shape index (κ3) is 12.0. The zero-order valence-corrected chi connectivity index (χ0v) is 37.4. The van der Waals surface area contributed by atoms with Crippen LogP contribution in [0.1, 0.15) is 102 Å². The number of ether oxygens (including phenoxy) is 9. The molecule has 2 fully saturated rings. The lowest BCUT2D eigenvalue weighted by Gasteiger charge is -2.50. The molecule has 0 aromatic carbocycles. The van der Waals surface area contributed by atoms with Gasteiger partial charge in [-0.05, 0) is 73.3 Å². The molecule has 334 valence electrons. The van der Waals surface area contributed by atoms with Crippen LogP contribution < -0.4 is 5.32 Å². The number of cyclic esters (lactones) is 1. The molecule has 0 unspecified atom stereocenters. The van der Waals surface area contributed by atoms with Crippen molar-refractivity contribution < 1.29 is 66.9 Å². The first kappa shape index (κ1) is 49.7. The summed E-state index contributed by atoms with van der Waals surface area (Å²) < 4.78 is 55.5. The van der Waals surface area contributed by atoms with Crippen LogP contribution in [0.2, 0.25) is 0 Å². The average molecular weight is 829 g/mol. The third-order valence-corrected chi connectivity index (χ3v) is 12.2. The summed E-state index contributed by atoms with van der Waals surface area (Å²) in [5.41, 5.74) is -1.50. The number of carbonyl (C=O) groups is 4. The quantitative estimate of drug-likeness (QED) is 0.227. The van der Waals surface area contributed by atoms with Crippen molar-refractivity contribution in [2.45, 2.75) is 180 Å². The van der Waals surface area contributed by atoms with Crippen molar-refractivity contribution in [3.63, 3.8) is 0 Å². The van der Waals surface area contributed by atoms with Gasteiger partial charge in [-0.3, -0.25) is 19.2 Å². The Kier molecular flexibility index (Phi) is 18.2. The van der Waals surface area contributed by atoms with Crippen LogP contribution in [-0.2, 0) is 61.8 Å². The average Bonchev–Trinajstić information content (AvgIpc) is 3.15. The first-order valence-corrected chi connectivity index (χ1v) is 20.6. The monoisotopic (exact) mass is 828 g/mol. The number of hydrogen-bond donors (Lipinski definition) is 2. The van der Waals surface area contributed by atoms with Crippen molar-refractivity contribution >= 4 is 23.8 Å². The number of nitrogens with zero attached hydrogens (tertiary/aromatic N) is 1. The normalized spacial score (nSPS) is 41.8. The Morgan fingerprint density at radius 3 is 2.16 bits per heavy atom. The van der Waals surface area contributed by atoms with E-state index >= 15 is 0 Å². The van der Waals surface area contributed by atoms with E-state index in [1.807, 2.05) is 54.5 Å². The van der Waals surface area contributed by atoms with Crippen molar-refractivity contribution in [3.8, 4) is 0 Å². The molecule has 0 aromatic heterocycles. The molecule has 3 aliphatic rings. The molecule has 0 saturated carbocycles. The van der Waals surface area contributed by atoms with Gasteiger partial charge in [0.2, 0.25) is 11.8 Å². The van der Waals surface area contributed by atoms with Gasteiger partial charge in [0.15, 0.2) is 18.7 Å². The standard InChI is InChI=1S/C42H72N2O14/c1-16-31-22(2)17-24(4)43-38(48)23(3)19-41(10,51-14)36(58-40-34(47)30(18-25(5)53-40)44(12)32(46)21-50-13)26(6)35(27(7)39(49)56-31)57-33-20-42(11,52-15)37(28(8)54-33)55-29(9)45/h17,23-28,30-31,33-37,40,47H,16,18-21H2,1-15H3,(H,43,48)/b22-17+/t23-,24-,25-,26+,27-,28+,30+,31-,33+,34-,35+,36-,37+,40+,41-,42-/m1/s1.